The van der Waals surface area contributed by atoms with Crippen LogP contribution in [0.4, 0.5) is 0 Å². The maximum atomic E-state index is 12.9. The lowest BCUT2D eigenvalue weighted by molar-refractivity contribution is -0.121. The van der Waals surface area contributed by atoms with Gasteiger partial charge in [0.05, 0.1) is 0 Å². The summed E-state index contributed by atoms with van der Waals surface area (Å²) < 4.78 is 1.60. The molecule has 3 aromatic rings. The van der Waals surface area contributed by atoms with Gasteiger partial charge < -0.3 is 9.88 Å². The summed E-state index contributed by atoms with van der Waals surface area (Å²) in [5.74, 6) is -0.193. The predicted octanol–water partition coefficient (Wildman–Crippen LogP) is 4.63. The van der Waals surface area contributed by atoms with Crippen LogP contribution in [0.15, 0.2) is 59.4 Å². The van der Waals surface area contributed by atoms with E-state index in [2.05, 4.69) is 5.32 Å². The van der Waals surface area contributed by atoms with Crippen LogP contribution in [-0.4, -0.2) is 10.5 Å². The number of nitrogens with one attached hydrogen (secondary N) is 1. The first-order chi connectivity index (χ1) is 14.0. The molecule has 2 aromatic carbocycles. The zero-order valence-corrected chi connectivity index (χ0v) is 17.3. The minimum absolute atomic E-state index is 0.0115. The maximum absolute atomic E-state index is 12.9. The van der Waals surface area contributed by atoms with Crippen LogP contribution in [-0.2, 0) is 30.7 Å². The molecule has 1 amide bonds. The average molecular weight is 427 g/mol. The Hall–Kier alpha value is -2.56. The van der Waals surface area contributed by atoms with Gasteiger partial charge in [0.1, 0.15) is 6.54 Å². The van der Waals surface area contributed by atoms with Crippen LogP contribution in [0.3, 0.4) is 0 Å². The predicted molar refractivity (Wildman–Crippen MR) is 116 cm³/mol. The van der Waals surface area contributed by atoms with Crippen molar-refractivity contribution in [2.75, 3.05) is 0 Å². The summed E-state index contributed by atoms with van der Waals surface area (Å²) in [4.78, 5) is 25.4. The quantitative estimate of drug-likeness (QED) is 0.646. The van der Waals surface area contributed by atoms with E-state index in [1.54, 1.807) is 22.8 Å². The van der Waals surface area contributed by atoms with Crippen molar-refractivity contribution in [1.82, 2.24) is 9.88 Å². The number of amides is 1. The van der Waals surface area contributed by atoms with E-state index in [1.807, 2.05) is 36.4 Å². The van der Waals surface area contributed by atoms with Gasteiger partial charge in [0.25, 0.3) is 5.56 Å². The van der Waals surface area contributed by atoms with Crippen molar-refractivity contribution in [3.63, 3.8) is 0 Å². The molecule has 4 nitrogen and oxygen atoms in total. The number of halogens is 2. The number of hydrogen-bond donors (Lipinski definition) is 1. The number of aromatic nitrogens is 1. The van der Waals surface area contributed by atoms with Gasteiger partial charge in [0.15, 0.2) is 0 Å². The molecule has 0 radical (unpaired) electrons. The largest absolute Gasteiger partial charge is 0.350 e. The van der Waals surface area contributed by atoms with Crippen LogP contribution in [0.2, 0.25) is 10.0 Å². The Kier molecular flexibility index (Phi) is 5.74. The van der Waals surface area contributed by atoms with Gasteiger partial charge in [-0.2, -0.15) is 0 Å². The van der Waals surface area contributed by atoms with Gasteiger partial charge in [-0.1, -0.05) is 53.5 Å². The number of carbonyl (C=O) groups is 1. The molecule has 0 aliphatic heterocycles. The number of pyridine rings is 1. The maximum Gasteiger partial charge on any atom is 0.251 e. The number of rotatable bonds is 5. The van der Waals surface area contributed by atoms with Gasteiger partial charge in [-0.05, 0) is 54.2 Å². The standard InChI is InChI=1S/C23H20Cl2N2O2/c24-16-10-8-15(9-11-16)13-26-22(28)14-27-21-7-3-5-18(21)19(12-23(27)29)17-4-1-2-6-20(17)25/h1-2,4,6,8-12H,3,5,7,13-14H2,(H,26,28). The first kappa shape index (κ1) is 19.7. The van der Waals surface area contributed by atoms with Crippen molar-refractivity contribution in [2.24, 2.45) is 0 Å². The Labute approximate surface area is 179 Å². The van der Waals surface area contributed by atoms with Crippen LogP contribution in [0, 0.1) is 0 Å². The molecule has 1 N–H and O–H groups in total. The highest BCUT2D eigenvalue weighted by atomic mass is 35.5. The smallest absolute Gasteiger partial charge is 0.251 e. The molecule has 0 saturated carbocycles. The van der Waals surface area contributed by atoms with Crippen LogP contribution in [0.5, 0.6) is 0 Å². The Bertz CT molecular complexity index is 1120. The fourth-order valence-electron chi connectivity index (χ4n) is 3.83. The third-order valence-corrected chi connectivity index (χ3v) is 5.82. The summed E-state index contributed by atoms with van der Waals surface area (Å²) in [5.41, 5.74) is 4.57. The van der Waals surface area contributed by atoms with Gasteiger partial charge >= 0.3 is 0 Å². The van der Waals surface area contributed by atoms with Gasteiger partial charge in [0.2, 0.25) is 5.91 Å². The van der Waals surface area contributed by atoms with Crippen molar-refractivity contribution in [1.29, 1.82) is 0 Å². The fourth-order valence-corrected chi connectivity index (χ4v) is 4.20. The number of benzene rings is 2. The van der Waals surface area contributed by atoms with E-state index in [9.17, 15) is 9.59 Å². The van der Waals surface area contributed by atoms with Crippen molar-refractivity contribution in [3.05, 3.63) is 91.8 Å². The molecule has 29 heavy (non-hydrogen) atoms. The topological polar surface area (TPSA) is 51.1 Å². The minimum atomic E-state index is -0.193. The molecule has 0 spiro atoms. The molecular weight excluding hydrogens is 407 g/mol. The first-order valence-corrected chi connectivity index (χ1v) is 10.3. The van der Waals surface area contributed by atoms with Crippen molar-refractivity contribution in [2.45, 2.75) is 32.4 Å². The Morgan fingerprint density at radius 3 is 2.52 bits per heavy atom. The number of fused-ring (bicyclic) bond motifs is 1. The molecular formula is C23H20Cl2N2O2. The Morgan fingerprint density at radius 1 is 1.00 bits per heavy atom. The molecule has 1 aromatic heterocycles. The lowest BCUT2D eigenvalue weighted by Gasteiger charge is -2.16. The van der Waals surface area contributed by atoms with Crippen LogP contribution in [0.1, 0.15) is 23.2 Å². The molecule has 0 saturated heterocycles. The summed E-state index contributed by atoms with van der Waals surface area (Å²) in [6, 6.07) is 16.5. The third kappa shape index (κ3) is 4.24. The average Bonchev–Trinajstić information content (AvgIpc) is 3.20. The van der Waals surface area contributed by atoms with Crippen molar-refractivity contribution in [3.8, 4) is 11.1 Å². The second-order valence-electron chi connectivity index (χ2n) is 7.14. The fraction of sp³-hybridized carbons (Fsp3) is 0.217. The second kappa shape index (κ2) is 8.44. The number of carbonyl (C=O) groups excluding carboxylic acids is 1. The summed E-state index contributed by atoms with van der Waals surface area (Å²) in [6.07, 6.45) is 2.62. The summed E-state index contributed by atoms with van der Waals surface area (Å²) in [7, 11) is 0. The van der Waals surface area contributed by atoms with E-state index in [4.69, 9.17) is 23.2 Å². The molecule has 0 fully saturated rings. The Morgan fingerprint density at radius 2 is 1.76 bits per heavy atom. The lowest BCUT2D eigenvalue weighted by Crippen LogP contribution is -2.33. The molecule has 0 bridgehead atoms. The summed E-state index contributed by atoms with van der Waals surface area (Å²) in [6.45, 7) is 0.405. The highest BCUT2D eigenvalue weighted by Crippen LogP contribution is 2.34. The van der Waals surface area contributed by atoms with E-state index in [0.717, 1.165) is 47.2 Å². The summed E-state index contributed by atoms with van der Waals surface area (Å²) >= 11 is 12.3. The third-order valence-electron chi connectivity index (χ3n) is 5.24. The Balaban J connectivity index is 1.58. The first-order valence-electron chi connectivity index (χ1n) is 9.54. The number of hydrogen-bond acceptors (Lipinski definition) is 2. The summed E-state index contributed by atoms with van der Waals surface area (Å²) in [5, 5.41) is 4.16. The van der Waals surface area contributed by atoms with Gasteiger partial charge in [-0.15, -0.1) is 0 Å². The normalized spacial score (nSPS) is 12.6. The molecule has 4 rings (SSSR count). The molecule has 148 valence electrons. The zero-order chi connectivity index (χ0) is 20.4. The van der Waals surface area contributed by atoms with E-state index < -0.39 is 0 Å². The monoisotopic (exact) mass is 426 g/mol. The van der Waals surface area contributed by atoms with E-state index in [0.29, 0.717) is 16.6 Å². The van der Waals surface area contributed by atoms with Crippen LogP contribution >= 0.6 is 23.2 Å². The van der Waals surface area contributed by atoms with Crippen molar-refractivity contribution < 1.29 is 4.79 Å². The second-order valence-corrected chi connectivity index (χ2v) is 7.99. The molecule has 1 aliphatic carbocycles. The molecule has 1 heterocycles. The lowest BCUT2D eigenvalue weighted by atomic mass is 9.99. The number of nitrogens with zero attached hydrogens (tertiary/aromatic N) is 1. The zero-order valence-electron chi connectivity index (χ0n) is 15.8. The van der Waals surface area contributed by atoms with E-state index >= 15 is 0 Å². The molecule has 0 atom stereocenters. The van der Waals surface area contributed by atoms with Gasteiger partial charge in [-0.25, -0.2) is 0 Å². The van der Waals surface area contributed by atoms with Gasteiger partial charge in [-0.3, -0.25) is 9.59 Å². The van der Waals surface area contributed by atoms with Crippen LogP contribution < -0.4 is 10.9 Å². The van der Waals surface area contributed by atoms with Crippen LogP contribution in [0.25, 0.3) is 11.1 Å². The molecule has 0 unspecified atom stereocenters. The highest BCUT2D eigenvalue weighted by Gasteiger charge is 2.23. The SMILES string of the molecule is O=C(Cn1c2c(c(-c3ccccc3Cl)cc1=O)CCC2)NCc1ccc(Cl)cc1. The van der Waals surface area contributed by atoms with E-state index in [1.165, 1.54) is 0 Å². The van der Waals surface area contributed by atoms with E-state index in [-0.39, 0.29) is 18.0 Å². The van der Waals surface area contributed by atoms with Crippen molar-refractivity contribution >= 4 is 29.1 Å². The highest BCUT2D eigenvalue weighted by molar-refractivity contribution is 6.33. The molecule has 6 heteroatoms. The van der Waals surface area contributed by atoms with Gasteiger partial charge in [0, 0.05) is 33.9 Å². The molecule has 1 aliphatic rings. The minimum Gasteiger partial charge on any atom is -0.350 e.